The topological polar surface area (TPSA) is 51.9 Å². The predicted octanol–water partition coefficient (Wildman–Crippen LogP) is 4.14. The van der Waals surface area contributed by atoms with Crippen molar-refractivity contribution in [3.8, 4) is 0 Å². The highest BCUT2D eigenvalue weighted by Crippen LogP contribution is 2.28. The lowest BCUT2D eigenvalue weighted by Crippen LogP contribution is -2.25. The number of aryl methyl sites for hydroxylation is 1. The molecule has 4 aromatic rings. The number of rotatable bonds is 5. The highest BCUT2D eigenvalue weighted by Gasteiger charge is 2.13. The number of fused-ring (bicyclic) bond motifs is 2. The van der Waals surface area contributed by atoms with Gasteiger partial charge in [0.1, 0.15) is 5.82 Å². The summed E-state index contributed by atoms with van der Waals surface area (Å²) in [7, 11) is 2.02. The van der Waals surface area contributed by atoms with E-state index in [1.807, 2.05) is 31.3 Å². The standard InChI is InChI=1S/C20H22N4OS/c1-13(2)24-11-14-10-17(26-18(14)12-24)20(25)21-9-8-19-22-15-6-4-5-7-16(15)23(19)3/h4-7,10-13H,8-9H2,1-3H3,(H,21,25). The molecule has 0 atom stereocenters. The zero-order valence-electron chi connectivity index (χ0n) is 15.2. The van der Waals surface area contributed by atoms with E-state index < -0.39 is 0 Å². The Morgan fingerprint density at radius 2 is 2.08 bits per heavy atom. The van der Waals surface area contributed by atoms with Gasteiger partial charge in [-0.1, -0.05) is 12.1 Å². The van der Waals surface area contributed by atoms with Crippen LogP contribution in [-0.2, 0) is 13.5 Å². The summed E-state index contributed by atoms with van der Waals surface area (Å²) >= 11 is 1.54. The van der Waals surface area contributed by atoms with Crippen LogP contribution in [0.15, 0.2) is 42.7 Å². The number of nitrogens with one attached hydrogen (secondary N) is 1. The van der Waals surface area contributed by atoms with Crippen LogP contribution in [0.1, 0.15) is 35.4 Å². The van der Waals surface area contributed by atoms with Gasteiger partial charge in [-0.15, -0.1) is 11.3 Å². The lowest BCUT2D eigenvalue weighted by Gasteiger charge is -2.05. The average molecular weight is 366 g/mol. The molecule has 1 N–H and O–H groups in total. The molecule has 0 fully saturated rings. The zero-order chi connectivity index (χ0) is 18.3. The number of hydrogen-bond acceptors (Lipinski definition) is 3. The molecule has 0 spiro atoms. The van der Waals surface area contributed by atoms with Crippen molar-refractivity contribution >= 4 is 38.4 Å². The van der Waals surface area contributed by atoms with Gasteiger partial charge in [-0.25, -0.2) is 4.98 Å². The smallest absolute Gasteiger partial charge is 0.261 e. The quantitative estimate of drug-likeness (QED) is 0.577. The number of aromatic nitrogens is 3. The minimum absolute atomic E-state index is 0.0129. The molecule has 0 unspecified atom stereocenters. The summed E-state index contributed by atoms with van der Waals surface area (Å²) in [5.41, 5.74) is 2.11. The van der Waals surface area contributed by atoms with Crippen molar-refractivity contribution in [3.05, 3.63) is 53.4 Å². The van der Waals surface area contributed by atoms with Crippen molar-refractivity contribution < 1.29 is 4.79 Å². The molecule has 134 valence electrons. The fourth-order valence-electron chi connectivity index (χ4n) is 3.16. The largest absolute Gasteiger partial charge is 0.351 e. The first-order valence-electron chi connectivity index (χ1n) is 8.82. The van der Waals surface area contributed by atoms with Gasteiger partial charge in [-0.3, -0.25) is 4.79 Å². The second-order valence-corrected chi connectivity index (χ2v) is 7.89. The number of para-hydroxylation sites is 2. The van der Waals surface area contributed by atoms with Gasteiger partial charge in [0.15, 0.2) is 0 Å². The first-order valence-corrected chi connectivity index (χ1v) is 9.64. The molecule has 4 rings (SSSR count). The Kier molecular flexibility index (Phi) is 4.28. The van der Waals surface area contributed by atoms with Gasteiger partial charge in [0.05, 0.1) is 20.6 Å². The third-order valence-corrected chi connectivity index (χ3v) is 5.76. The molecule has 0 aliphatic carbocycles. The molecule has 0 bridgehead atoms. The predicted molar refractivity (Wildman–Crippen MR) is 107 cm³/mol. The van der Waals surface area contributed by atoms with E-state index in [0.29, 0.717) is 19.0 Å². The third-order valence-electron chi connectivity index (χ3n) is 4.68. The maximum Gasteiger partial charge on any atom is 0.261 e. The molecule has 3 aromatic heterocycles. The Balaban J connectivity index is 1.41. The van der Waals surface area contributed by atoms with Crippen molar-refractivity contribution in [2.45, 2.75) is 26.3 Å². The number of benzene rings is 1. The van der Waals surface area contributed by atoms with Crippen molar-refractivity contribution in [2.75, 3.05) is 6.54 Å². The molecule has 26 heavy (non-hydrogen) atoms. The summed E-state index contributed by atoms with van der Waals surface area (Å²) in [5.74, 6) is 0.968. The molecule has 0 radical (unpaired) electrons. The minimum Gasteiger partial charge on any atom is -0.351 e. The summed E-state index contributed by atoms with van der Waals surface area (Å²) < 4.78 is 5.42. The lowest BCUT2D eigenvalue weighted by atomic mass is 10.3. The van der Waals surface area contributed by atoms with Gasteiger partial charge in [-0.2, -0.15) is 0 Å². The average Bonchev–Trinajstić information content (AvgIpc) is 3.27. The van der Waals surface area contributed by atoms with Crippen LogP contribution in [0.3, 0.4) is 0 Å². The number of carbonyl (C=O) groups is 1. The second kappa shape index (κ2) is 6.61. The van der Waals surface area contributed by atoms with Crippen LogP contribution in [-0.4, -0.2) is 26.6 Å². The summed E-state index contributed by atoms with van der Waals surface area (Å²) in [6.45, 7) is 4.88. The molecule has 5 nitrogen and oxygen atoms in total. The molecular formula is C20H22N4OS. The van der Waals surface area contributed by atoms with E-state index in [0.717, 1.165) is 31.8 Å². The molecule has 0 saturated heterocycles. The first-order chi connectivity index (χ1) is 12.5. The Morgan fingerprint density at radius 1 is 1.27 bits per heavy atom. The zero-order valence-corrected chi connectivity index (χ0v) is 16.0. The van der Waals surface area contributed by atoms with E-state index in [1.165, 1.54) is 0 Å². The number of imidazole rings is 1. The van der Waals surface area contributed by atoms with Gasteiger partial charge in [0, 0.05) is 43.8 Å². The number of thiophene rings is 1. The van der Waals surface area contributed by atoms with Crippen LogP contribution in [0.25, 0.3) is 21.1 Å². The number of nitrogens with zero attached hydrogens (tertiary/aromatic N) is 3. The van der Waals surface area contributed by atoms with Crippen molar-refractivity contribution in [2.24, 2.45) is 7.05 Å². The molecular weight excluding hydrogens is 344 g/mol. The first kappa shape index (κ1) is 16.8. The Bertz CT molecular complexity index is 1050. The highest BCUT2D eigenvalue weighted by molar-refractivity contribution is 7.20. The van der Waals surface area contributed by atoms with Crippen LogP contribution in [0, 0.1) is 0 Å². The van der Waals surface area contributed by atoms with Crippen molar-refractivity contribution in [1.82, 2.24) is 19.4 Å². The fourth-order valence-corrected chi connectivity index (χ4v) is 4.15. The molecule has 6 heteroatoms. The molecule has 0 aliphatic heterocycles. The van der Waals surface area contributed by atoms with Gasteiger partial charge in [0.25, 0.3) is 5.91 Å². The van der Waals surface area contributed by atoms with Gasteiger partial charge in [-0.05, 0) is 32.0 Å². The van der Waals surface area contributed by atoms with E-state index in [9.17, 15) is 4.79 Å². The van der Waals surface area contributed by atoms with Crippen LogP contribution in [0.5, 0.6) is 0 Å². The second-order valence-electron chi connectivity index (χ2n) is 6.81. The minimum atomic E-state index is -0.0129. The molecule has 3 heterocycles. The number of carbonyl (C=O) groups excluding carboxylic acids is 1. The monoisotopic (exact) mass is 366 g/mol. The number of hydrogen-bond donors (Lipinski definition) is 1. The third kappa shape index (κ3) is 3.01. The maximum absolute atomic E-state index is 12.4. The van der Waals surface area contributed by atoms with Gasteiger partial charge >= 0.3 is 0 Å². The van der Waals surface area contributed by atoms with E-state index in [-0.39, 0.29) is 5.91 Å². The summed E-state index contributed by atoms with van der Waals surface area (Å²) in [5, 5.41) is 4.15. The molecule has 0 aliphatic rings. The van der Waals surface area contributed by atoms with E-state index >= 15 is 0 Å². The lowest BCUT2D eigenvalue weighted by molar-refractivity contribution is 0.0958. The van der Waals surface area contributed by atoms with Gasteiger partial charge < -0.3 is 14.5 Å². The highest BCUT2D eigenvalue weighted by atomic mass is 32.1. The van der Waals surface area contributed by atoms with E-state index in [4.69, 9.17) is 0 Å². The van der Waals surface area contributed by atoms with Crippen LogP contribution in [0.2, 0.25) is 0 Å². The van der Waals surface area contributed by atoms with Gasteiger partial charge in [0.2, 0.25) is 0 Å². The molecule has 1 aromatic carbocycles. The Morgan fingerprint density at radius 3 is 2.81 bits per heavy atom. The normalized spacial score (nSPS) is 11.7. The Labute approximate surface area is 156 Å². The molecule has 1 amide bonds. The van der Waals surface area contributed by atoms with E-state index in [2.05, 4.69) is 51.7 Å². The number of amides is 1. The maximum atomic E-state index is 12.4. The summed E-state index contributed by atoms with van der Waals surface area (Å²) in [4.78, 5) is 17.8. The summed E-state index contributed by atoms with van der Waals surface area (Å²) in [6.07, 6.45) is 4.93. The van der Waals surface area contributed by atoms with Crippen molar-refractivity contribution in [1.29, 1.82) is 0 Å². The van der Waals surface area contributed by atoms with Crippen molar-refractivity contribution in [3.63, 3.8) is 0 Å². The van der Waals surface area contributed by atoms with Crippen LogP contribution >= 0.6 is 11.3 Å². The summed E-state index contributed by atoms with van der Waals surface area (Å²) in [6, 6.07) is 10.5. The molecule has 0 saturated carbocycles. The Hall–Kier alpha value is -2.60. The van der Waals surface area contributed by atoms with Crippen LogP contribution in [0.4, 0.5) is 0 Å². The SMILES string of the molecule is CC(C)n1cc2cc(C(=O)NCCc3nc4ccccc4n3C)sc2c1. The van der Waals surface area contributed by atoms with E-state index in [1.54, 1.807) is 11.3 Å². The fraction of sp³-hybridized carbons (Fsp3) is 0.300. The van der Waals surface area contributed by atoms with Crippen LogP contribution < -0.4 is 5.32 Å².